The topological polar surface area (TPSA) is 147 Å². The minimum absolute atomic E-state index is 0.0542. The summed E-state index contributed by atoms with van der Waals surface area (Å²) in [5, 5.41) is 0. The van der Waals surface area contributed by atoms with E-state index in [4.69, 9.17) is 4.98 Å². The van der Waals surface area contributed by atoms with E-state index >= 15 is 0 Å². The molecule has 0 spiro atoms. The number of likely N-dealkylation sites (tertiary alicyclic amines) is 3. The molecular formula is C72H71F2N9O3. The summed E-state index contributed by atoms with van der Waals surface area (Å²) >= 11 is 0. The zero-order chi connectivity index (χ0) is 59.5. The molecule has 13 rings (SSSR count). The van der Waals surface area contributed by atoms with Crippen LogP contribution in [0.15, 0.2) is 194 Å². The number of aromatic amines is 3. The number of nitrogens with zero attached hydrogens (tertiary/aromatic N) is 6. The van der Waals surface area contributed by atoms with E-state index in [1.165, 1.54) is 29.8 Å². The number of amides is 3. The quantitative estimate of drug-likeness (QED) is 0.124. The third kappa shape index (κ3) is 14.2. The number of imidazole rings is 3. The summed E-state index contributed by atoms with van der Waals surface area (Å²) in [6, 6.07) is 56.1. The van der Waals surface area contributed by atoms with E-state index < -0.39 is 0 Å². The van der Waals surface area contributed by atoms with Crippen LogP contribution in [0.1, 0.15) is 122 Å². The standard InChI is InChI=1S/C27H24FN3O.C23H24FN3O.C22H23N3O/c28-24-12-10-20(11-13-24)19-6-8-23(9-7-19)27(32)31-16-14-22(15-17-31)26-29-18-25(30-26)21-4-2-1-3-5-21;1-15-16(2)26-22(25-15)19-11-13-27(14-12-19)23(28)20-5-3-17(4-6-20)18-7-9-21(24)10-8-18;1-16-15-23-21(24-16)19-11-13-25(14-12-19)22(26)20-9-7-18(8-10-20)17-5-3-2-4-6-17/h1-13,18,22H,14-17H2,(H,29,30);3-10,19H,11-14H2,1-2H3,(H,25,26);2-10,15,19H,11-14H2,1H3,(H,23,24). The molecular weight excluding hydrogens is 1080 g/mol. The molecule has 3 aliphatic rings. The van der Waals surface area contributed by atoms with Crippen molar-refractivity contribution in [1.29, 1.82) is 0 Å². The number of aryl methyl sites for hydroxylation is 3. The second-order valence-corrected chi connectivity index (χ2v) is 22.6. The lowest BCUT2D eigenvalue weighted by atomic mass is 9.95. The Morgan fingerprint density at radius 2 is 0.709 bits per heavy atom. The van der Waals surface area contributed by atoms with E-state index in [0.29, 0.717) is 42.0 Å². The number of halogens is 2. The predicted octanol–water partition coefficient (Wildman–Crippen LogP) is 15.2. The third-order valence-corrected chi connectivity index (χ3v) is 16.9. The van der Waals surface area contributed by atoms with E-state index in [9.17, 15) is 23.2 Å². The zero-order valence-corrected chi connectivity index (χ0v) is 48.9. The van der Waals surface area contributed by atoms with Crippen molar-refractivity contribution in [2.45, 2.75) is 77.0 Å². The lowest BCUT2D eigenvalue weighted by molar-refractivity contribution is 0.0704. The van der Waals surface area contributed by atoms with Gasteiger partial charge in [-0.1, -0.05) is 121 Å². The molecule has 6 heterocycles. The number of aromatic nitrogens is 6. The highest BCUT2D eigenvalue weighted by molar-refractivity contribution is 5.96. The predicted molar refractivity (Wildman–Crippen MR) is 335 cm³/mol. The lowest BCUT2D eigenvalue weighted by Gasteiger charge is -2.31. The fourth-order valence-electron chi connectivity index (χ4n) is 11.7. The smallest absolute Gasteiger partial charge is 0.253 e. The molecule has 12 nitrogen and oxygen atoms in total. The number of H-pyrrole nitrogens is 3. The van der Waals surface area contributed by atoms with Crippen molar-refractivity contribution in [2.75, 3.05) is 39.3 Å². The van der Waals surface area contributed by atoms with E-state index in [-0.39, 0.29) is 29.4 Å². The van der Waals surface area contributed by atoms with Crippen molar-refractivity contribution < 1.29 is 23.2 Å². The Labute approximate surface area is 501 Å². The van der Waals surface area contributed by atoms with Crippen LogP contribution in [-0.2, 0) is 0 Å². The summed E-state index contributed by atoms with van der Waals surface area (Å²) in [5.74, 6) is 3.98. The first-order chi connectivity index (χ1) is 41.9. The van der Waals surface area contributed by atoms with Gasteiger partial charge in [-0.05, 0) is 153 Å². The molecule has 3 aromatic heterocycles. The maximum Gasteiger partial charge on any atom is 0.253 e. The Morgan fingerprint density at radius 3 is 1.06 bits per heavy atom. The molecule has 0 radical (unpaired) electrons. The maximum atomic E-state index is 13.1. The van der Waals surface area contributed by atoms with Gasteiger partial charge in [0.15, 0.2) is 0 Å². The van der Waals surface area contributed by atoms with Crippen molar-refractivity contribution >= 4 is 17.7 Å². The van der Waals surface area contributed by atoms with Crippen LogP contribution in [-0.4, -0.2) is 102 Å². The highest BCUT2D eigenvalue weighted by Crippen LogP contribution is 2.32. The number of carbonyl (C=O) groups is 3. The molecule has 7 aromatic carbocycles. The van der Waals surface area contributed by atoms with Crippen LogP contribution in [0.25, 0.3) is 44.6 Å². The molecule has 10 aromatic rings. The first kappa shape index (κ1) is 58.2. The average Bonchev–Trinajstić information content (AvgIpc) is 4.20. The van der Waals surface area contributed by atoms with Crippen molar-refractivity contribution in [3.8, 4) is 44.6 Å². The van der Waals surface area contributed by atoms with Crippen LogP contribution in [0.4, 0.5) is 8.78 Å². The van der Waals surface area contributed by atoms with Gasteiger partial charge < -0.3 is 29.7 Å². The van der Waals surface area contributed by atoms with E-state index in [1.54, 1.807) is 24.3 Å². The minimum Gasteiger partial charge on any atom is -0.348 e. The van der Waals surface area contributed by atoms with Crippen LogP contribution in [0.2, 0.25) is 0 Å². The lowest BCUT2D eigenvalue weighted by Crippen LogP contribution is -2.38. The first-order valence-electron chi connectivity index (χ1n) is 29.8. The van der Waals surface area contributed by atoms with Crippen LogP contribution in [0, 0.1) is 32.4 Å². The number of hydrogen-bond donors (Lipinski definition) is 3. The van der Waals surface area contributed by atoms with Gasteiger partial charge in [0.05, 0.1) is 17.1 Å². The van der Waals surface area contributed by atoms with Crippen LogP contribution in [0.3, 0.4) is 0 Å². The maximum absolute atomic E-state index is 13.1. The highest BCUT2D eigenvalue weighted by atomic mass is 19.1. The molecule has 0 saturated carbocycles. The van der Waals surface area contributed by atoms with Crippen LogP contribution < -0.4 is 0 Å². The number of piperidine rings is 3. The molecule has 436 valence electrons. The van der Waals surface area contributed by atoms with Gasteiger partial charge in [-0.15, -0.1) is 0 Å². The van der Waals surface area contributed by atoms with E-state index in [0.717, 1.165) is 144 Å². The summed E-state index contributed by atoms with van der Waals surface area (Å²) in [5.41, 5.74) is 13.5. The molecule has 0 atom stereocenters. The molecule has 0 aliphatic carbocycles. The fraction of sp³-hybridized carbons (Fsp3) is 0.250. The Bertz CT molecular complexity index is 3820. The van der Waals surface area contributed by atoms with Gasteiger partial charge in [-0.2, -0.15) is 0 Å². The van der Waals surface area contributed by atoms with E-state index in [1.807, 2.05) is 157 Å². The second kappa shape index (κ2) is 27.0. The average molecular weight is 1150 g/mol. The first-order valence-corrected chi connectivity index (χ1v) is 29.8. The fourth-order valence-corrected chi connectivity index (χ4v) is 11.7. The van der Waals surface area contributed by atoms with Crippen molar-refractivity contribution in [1.82, 2.24) is 44.6 Å². The van der Waals surface area contributed by atoms with Gasteiger partial charge in [0, 0.05) is 97.4 Å². The third-order valence-electron chi connectivity index (χ3n) is 16.9. The van der Waals surface area contributed by atoms with Crippen LogP contribution in [0.5, 0.6) is 0 Å². The summed E-state index contributed by atoms with van der Waals surface area (Å²) < 4.78 is 26.2. The Hall–Kier alpha value is -9.56. The normalized spacial score (nSPS) is 14.9. The van der Waals surface area contributed by atoms with Gasteiger partial charge in [-0.3, -0.25) is 14.4 Å². The Kier molecular flexibility index (Phi) is 18.3. The number of nitrogens with one attached hydrogen (secondary N) is 3. The van der Waals surface area contributed by atoms with Crippen molar-refractivity contribution in [3.63, 3.8) is 0 Å². The van der Waals surface area contributed by atoms with Crippen LogP contribution >= 0.6 is 0 Å². The zero-order valence-electron chi connectivity index (χ0n) is 48.9. The van der Waals surface area contributed by atoms with Gasteiger partial charge in [0.25, 0.3) is 17.7 Å². The molecule has 0 bridgehead atoms. The summed E-state index contributed by atoms with van der Waals surface area (Å²) in [6.07, 6.45) is 9.45. The molecule has 3 N–H and O–H groups in total. The molecule has 3 fully saturated rings. The Balaban J connectivity index is 0.000000135. The van der Waals surface area contributed by atoms with Crippen molar-refractivity contribution in [2.24, 2.45) is 0 Å². The SMILES string of the molecule is Cc1c[nH]c(C2CCN(C(=O)c3ccc(-c4ccccc4)cc3)CC2)n1.Cc1nc(C2CCN(C(=O)c3ccc(-c4ccc(F)cc4)cc3)CC2)[nH]c1C.O=C(c1ccc(-c2ccc(F)cc2)cc1)N1CCC(c2nc(-c3ccccc3)c[nH]2)CC1. The minimum atomic E-state index is -0.255. The van der Waals surface area contributed by atoms with E-state index in [2.05, 4.69) is 49.2 Å². The van der Waals surface area contributed by atoms with Gasteiger partial charge in [0.1, 0.15) is 29.1 Å². The molecule has 0 unspecified atom stereocenters. The van der Waals surface area contributed by atoms with Gasteiger partial charge in [0.2, 0.25) is 0 Å². The van der Waals surface area contributed by atoms with Gasteiger partial charge >= 0.3 is 0 Å². The summed E-state index contributed by atoms with van der Waals surface area (Å²) in [6.45, 7) is 10.5. The summed E-state index contributed by atoms with van der Waals surface area (Å²) in [4.78, 5) is 68.4. The largest absolute Gasteiger partial charge is 0.348 e. The van der Waals surface area contributed by atoms with Crippen molar-refractivity contribution in [3.05, 3.63) is 257 Å². The molecule has 3 saturated heterocycles. The van der Waals surface area contributed by atoms with Gasteiger partial charge in [-0.25, -0.2) is 23.7 Å². The molecule has 14 heteroatoms. The Morgan fingerprint density at radius 1 is 0.384 bits per heavy atom. The molecule has 86 heavy (non-hydrogen) atoms. The number of hydrogen-bond acceptors (Lipinski definition) is 6. The molecule has 3 amide bonds. The number of carbonyl (C=O) groups excluding carboxylic acids is 3. The second-order valence-electron chi connectivity index (χ2n) is 22.6. The number of benzene rings is 7. The monoisotopic (exact) mass is 1150 g/mol. The summed E-state index contributed by atoms with van der Waals surface area (Å²) in [7, 11) is 0. The highest BCUT2D eigenvalue weighted by Gasteiger charge is 2.29. The number of rotatable bonds is 10. The molecule has 3 aliphatic heterocycles.